The number of carbonyl (C=O) groups is 1. The highest BCUT2D eigenvalue weighted by Crippen LogP contribution is 2.28. The second-order valence-electron chi connectivity index (χ2n) is 5.14. The maximum atomic E-state index is 12.3. The van der Waals surface area contributed by atoms with Gasteiger partial charge in [0.15, 0.2) is 0 Å². The van der Waals surface area contributed by atoms with Crippen LogP contribution in [-0.2, 0) is 11.3 Å². The normalized spacial score (nSPS) is 21.0. The van der Waals surface area contributed by atoms with Gasteiger partial charge in [-0.2, -0.15) is 0 Å². The number of hydrogen-bond donors (Lipinski definition) is 2. The van der Waals surface area contributed by atoms with E-state index >= 15 is 0 Å². The fourth-order valence-electron chi connectivity index (χ4n) is 2.68. The van der Waals surface area contributed by atoms with Crippen LogP contribution in [-0.4, -0.2) is 33.1 Å². The molecule has 0 radical (unpaired) electrons. The molecule has 1 saturated heterocycles. The number of aromatic nitrogens is 3. The van der Waals surface area contributed by atoms with Crippen molar-refractivity contribution >= 4 is 5.91 Å². The summed E-state index contributed by atoms with van der Waals surface area (Å²) in [5.74, 6) is 0.407. The van der Waals surface area contributed by atoms with Crippen LogP contribution in [0.1, 0.15) is 35.6 Å². The van der Waals surface area contributed by atoms with Crippen LogP contribution in [0.4, 0.5) is 0 Å². The summed E-state index contributed by atoms with van der Waals surface area (Å²) in [6.07, 6.45) is 5.51. The van der Waals surface area contributed by atoms with E-state index in [1.807, 2.05) is 17.7 Å². The summed E-state index contributed by atoms with van der Waals surface area (Å²) in [6, 6.07) is 2.94. The van der Waals surface area contributed by atoms with Crippen molar-refractivity contribution in [2.45, 2.75) is 32.0 Å². The van der Waals surface area contributed by atoms with Gasteiger partial charge in [0.1, 0.15) is 17.5 Å². The molecule has 2 aromatic rings. The van der Waals surface area contributed by atoms with E-state index in [0.717, 1.165) is 12.4 Å². The van der Waals surface area contributed by atoms with Crippen molar-refractivity contribution in [1.82, 2.24) is 19.9 Å². The van der Waals surface area contributed by atoms with E-state index in [2.05, 4.69) is 15.3 Å². The van der Waals surface area contributed by atoms with Gasteiger partial charge < -0.3 is 19.6 Å². The van der Waals surface area contributed by atoms with E-state index in [-0.39, 0.29) is 17.7 Å². The zero-order chi connectivity index (χ0) is 15.5. The van der Waals surface area contributed by atoms with Crippen molar-refractivity contribution < 1.29 is 9.53 Å². The number of nitrogens with one attached hydrogen (secondary N) is 2. The van der Waals surface area contributed by atoms with Gasteiger partial charge in [-0.15, -0.1) is 0 Å². The lowest BCUT2D eigenvalue weighted by atomic mass is 10.1. The van der Waals surface area contributed by atoms with E-state index in [9.17, 15) is 9.59 Å². The second kappa shape index (κ2) is 6.15. The average molecular weight is 302 g/mol. The highest BCUT2D eigenvalue weighted by atomic mass is 16.5. The Labute approximate surface area is 127 Å². The molecule has 1 aliphatic rings. The Balaban J connectivity index is 1.78. The zero-order valence-corrected chi connectivity index (χ0v) is 12.3. The molecule has 3 heterocycles. The predicted octanol–water partition coefficient (Wildman–Crippen LogP) is 0.851. The van der Waals surface area contributed by atoms with Crippen LogP contribution in [0.2, 0.25) is 0 Å². The number of carbonyl (C=O) groups excluding carboxylic acids is 1. The van der Waals surface area contributed by atoms with Crippen LogP contribution in [0.5, 0.6) is 0 Å². The topological polar surface area (TPSA) is 89.0 Å². The Morgan fingerprint density at radius 3 is 3.23 bits per heavy atom. The molecule has 3 rings (SSSR count). The first kappa shape index (κ1) is 14.5. The summed E-state index contributed by atoms with van der Waals surface area (Å²) in [5.41, 5.74) is -0.294. The summed E-state index contributed by atoms with van der Waals surface area (Å²) in [7, 11) is 0. The quantitative estimate of drug-likeness (QED) is 0.876. The molecule has 7 nitrogen and oxygen atoms in total. The maximum absolute atomic E-state index is 12.3. The van der Waals surface area contributed by atoms with E-state index in [1.165, 1.54) is 12.3 Å². The molecule has 2 aromatic heterocycles. The first-order valence-electron chi connectivity index (χ1n) is 7.32. The number of hydrogen-bond acceptors (Lipinski definition) is 4. The van der Waals surface area contributed by atoms with Crippen LogP contribution in [0.25, 0.3) is 0 Å². The Hall–Kier alpha value is -2.41. The number of amides is 1. The molecule has 1 amide bonds. The molecule has 2 N–H and O–H groups in total. The standard InChI is InChI=1S/C15H18N4O3/c1-2-19-8-7-16-13(19)12-11(5-9-22-12)18-15(21)10-4-3-6-17-14(10)20/h3-4,6-8,11-12H,2,5,9H2,1H3,(H,17,20)(H,18,21)/t11-,12-/m0/s1. The largest absolute Gasteiger partial charge is 0.368 e. The minimum absolute atomic E-state index is 0.104. The fraction of sp³-hybridized carbons (Fsp3) is 0.400. The van der Waals surface area contributed by atoms with E-state index < -0.39 is 11.5 Å². The first-order chi connectivity index (χ1) is 10.7. The number of imidazole rings is 1. The number of rotatable bonds is 4. The summed E-state index contributed by atoms with van der Waals surface area (Å²) in [6.45, 7) is 3.36. The van der Waals surface area contributed by atoms with Crippen molar-refractivity contribution in [2.75, 3.05) is 6.61 Å². The molecule has 0 aromatic carbocycles. The molecule has 22 heavy (non-hydrogen) atoms. The van der Waals surface area contributed by atoms with Gasteiger partial charge in [-0.1, -0.05) is 0 Å². The Bertz CT molecular complexity index is 721. The Morgan fingerprint density at radius 2 is 2.45 bits per heavy atom. The highest BCUT2D eigenvalue weighted by molar-refractivity contribution is 5.94. The molecule has 1 fully saturated rings. The minimum Gasteiger partial charge on any atom is -0.368 e. The van der Waals surface area contributed by atoms with Gasteiger partial charge in [-0.3, -0.25) is 9.59 Å². The number of ether oxygens (including phenoxy) is 1. The zero-order valence-electron chi connectivity index (χ0n) is 12.3. The predicted molar refractivity (Wildman–Crippen MR) is 79.5 cm³/mol. The fourth-order valence-corrected chi connectivity index (χ4v) is 2.68. The van der Waals surface area contributed by atoms with E-state index in [1.54, 1.807) is 12.3 Å². The van der Waals surface area contributed by atoms with E-state index in [0.29, 0.717) is 13.0 Å². The van der Waals surface area contributed by atoms with Gasteiger partial charge in [0.2, 0.25) is 0 Å². The number of aromatic amines is 1. The summed E-state index contributed by atoms with van der Waals surface area (Å²) >= 11 is 0. The van der Waals surface area contributed by atoms with Crippen molar-refractivity contribution in [2.24, 2.45) is 0 Å². The Kier molecular flexibility index (Phi) is 4.06. The van der Waals surface area contributed by atoms with Crippen molar-refractivity contribution in [3.8, 4) is 0 Å². The molecule has 7 heteroatoms. The van der Waals surface area contributed by atoms with Crippen LogP contribution in [0.15, 0.2) is 35.5 Å². The second-order valence-corrected chi connectivity index (χ2v) is 5.14. The number of nitrogens with zero attached hydrogens (tertiary/aromatic N) is 2. The van der Waals surface area contributed by atoms with Gasteiger partial charge >= 0.3 is 0 Å². The molecule has 116 valence electrons. The van der Waals surface area contributed by atoms with Gasteiger partial charge in [-0.25, -0.2) is 4.98 Å². The molecule has 2 atom stereocenters. The highest BCUT2D eigenvalue weighted by Gasteiger charge is 2.34. The SMILES string of the molecule is CCn1ccnc1[C@H]1OCC[C@@H]1NC(=O)c1ccc[nH]c1=O. The first-order valence-corrected chi connectivity index (χ1v) is 7.32. The third-order valence-electron chi connectivity index (χ3n) is 3.81. The molecule has 0 unspecified atom stereocenters. The summed E-state index contributed by atoms with van der Waals surface area (Å²) in [4.78, 5) is 30.8. The number of pyridine rings is 1. The van der Waals surface area contributed by atoms with Crippen molar-refractivity contribution in [3.63, 3.8) is 0 Å². The molecular formula is C15H18N4O3. The monoisotopic (exact) mass is 302 g/mol. The third kappa shape index (κ3) is 2.67. The molecule has 0 bridgehead atoms. The van der Waals surface area contributed by atoms with Gasteiger partial charge in [0.25, 0.3) is 11.5 Å². The van der Waals surface area contributed by atoms with Crippen molar-refractivity contribution in [3.05, 3.63) is 52.5 Å². The molecule has 1 aliphatic heterocycles. The van der Waals surface area contributed by atoms with Gasteiger partial charge in [0, 0.05) is 31.7 Å². The molecule has 0 aliphatic carbocycles. The number of aryl methyl sites for hydroxylation is 1. The van der Waals surface area contributed by atoms with Crippen LogP contribution >= 0.6 is 0 Å². The lowest BCUT2D eigenvalue weighted by Gasteiger charge is -2.20. The maximum Gasteiger partial charge on any atom is 0.260 e. The van der Waals surface area contributed by atoms with Gasteiger partial charge in [-0.05, 0) is 25.5 Å². The van der Waals surface area contributed by atoms with Crippen LogP contribution in [0.3, 0.4) is 0 Å². The lowest BCUT2D eigenvalue weighted by Crippen LogP contribution is -2.39. The molecule has 0 saturated carbocycles. The molecular weight excluding hydrogens is 284 g/mol. The third-order valence-corrected chi connectivity index (χ3v) is 3.81. The number of H-pyrrole nitrogens is 1. The average Bonchev–Trinajstić information content (AvgIpc) is 3.15. The summed E-state index contributed by atoms with van der Waals surface area (Å²) in [5, 5.41) is 2.89. The minimum atomic E-state index is -0.398. The summed E-state index contributed by atoms with van der Waals surface area (Å²) < 4.78 is 7.73. The Morgan fingerprint density at radius 1 is 1.59 bits per heavy atom. The van der Waals surface area contributed by atoms with Crippen molar-refractivity contribution in [1.29, 1.82) is 0 Å². The van der Waals surface area contributed by atoms with Crippen LogP contribution in [0, 0.1) is 0 Å². The lowest BCUT2D eigenvalue weighted by molar-refractivity contribution is 0.0775. The molecule has 0 spiro atoms. The van der Waals surface area contributed by atoms with Crippen LogP contribution < -0.4 is 10.9 Å². The van der Waals surface area contributed by atoms with E-state index in [4.69, 9.17) is 4.74 Å². The smallest absolute Gasteiger partial charge is 0.260 e. The van der Waals surface area contributed by atoms with Gasteiger partial charge in [0.05, 0.1) is 6.04 Å².